The maximum Gasteiger partial charge on any atom is 0.146 e. The van der Waals surface area contributed by atoms with Crippen molar-refractivity contribution in [1.29, 1.82) is 0 Å². The Balaban J connectivity index is 1.83. The van der Waals surface area contributed by atoms with Crippen molar-refractivity contribution in [2.24, 2.45) is 0 Å². The Kier molecular flexibility index (Phi) is 3.42. The van der Waals surface area contributed by atoms with Crippen LogP contribution in [0.5, 0.6) is 5.75 Å². The molecule has 4 nitrogen and oxygen atoms in total. The number of halogens is 2. The van der Waals surface area contributed by atoms with Crippen LogP contribution >= 0.6 is 23.2 Å². The minimum atomic E-state index is 0.290. The molecule has 3 N–H and O–H groups in total. The van der Waals surface area contributed by atoms with Crippen LogP contribution < -0.4 is 10.5 Å². The number of benzene rings is 2. The van der Waals surface area contributed by atoms with Gasteiger partial charge < -0.3 is 15.5 Å². The van der Waals surface area contributed by atoms with Crippen LogP contribution in [0.15, 0.2) is 36.4 Å². The molecular formula is C14H11Cl2N3O. The van der Waals surface area contributed by atoms with Crippen molar-refractivity contribution in [1.82, 2.24) is 9.97 Å². The van der Waals surface area contributed by atoms with E-state index in [1.165, 1.54) is 0 Å². The molecule has 0 atom stereocenters. The second kappa shape index (κ2) is 5.23. The van der Waals surface area contributed by atoms with Gasteiger partial charge in [-0.3, -0.25) is 0 Å². The van der Waals surface area contributed by atoms with E-state index in [4.69, 9.17) is 33.7 Å². The van der Waals surface area contributed by atoms with Crippen molar-refractivity contribution in [3.05, 3.63) is 52.3 Å². The van der Waals surface area contributed by atoms with Gasteiger partial charge in [-0.05, 0) is 24.3 Å². The molecule has 0 bridgehead atoms. The van der Waals surface area contributed by atoms with Crippen LogP contribution in [0.1, 0.15) is 5.82 Å². The van der Waals surface area contributed by atoms with Crippen LogP contribution in [-0.4, -0.2) is 9.97 Å². The van der Waals surface area contributed by atoms with Gasteiger partial charge in [-0.15, -0.1) is 0 Å². The molecule has 1 aromatic heterocycles. The highest BCUT2D eigenvalue weighted by Crippen LogP contribution is 2.27. The number of anilines is 1. The van der Waals surface area contributed by atoms with Crippen molar-refractivity contribution in [3.63, 3.8) is 0 Å². The zero-order valence-corrected chi connectivity index (χ0v) is 11.9. The molecule has 0 saturated heterocycles. The van der Waals surface area contributed by atoms with Crippen LogP contribution in [0.4, 0.5) is 5.69 Å². The van der Waals surface area contributed by atoms with Gasteiger partial charge in [0.15, 0.2) is 0 Å². The van der Waals surface area contributed by atoms with Crippen LogP contribution in [0.3, 0.4) is 0 Å². The highest BCUT2D eigenvalue weighted by molar-refractivity contribution is 6.42. The maximum atomic E-state index is 5.96. The molecule has 0 saturated carbocycles. The third-order valence-electron chi connectivity index (χ3n) is 2.86. The Labute approximate surface area is 125 Å². The molecule has 0 aliphatic rings. The van der Waals surface area contributed by atoms with E-state index in [1.807, 2.05) is 18.2 Å². The fourth-order valence-electron chi connectivity index (χ4n) is 1.88. The molecule has 0 spiro atoms. The van der Waals surface area contributed by atoms with E-state index in [-0.39, 0.29) is 6.61 Å². The molecule has 0 amide bonds. The number of aromatic amines is 1. The average molecular weight is 308 g/mol. The number of rotatable bonds is 3. The number of hydrogen-bond acceptors (Lipinski definition) is 3. The summed E-state index contributed by atoms with van der Waals surface area (Å²) in [5.41, 5.74) is 7.97. The van der Waals surface area contributed by atoms with E-state index < -0.39 is 0 Å². The lowest BCUT2D eigenvalue weighted by molar-refractivity contribution is 0.299. The molecule has 6 heteroatoms. The number of nitrogens with two attached hydrogens (primary N) is 1. The van der Waals surface area contributed by atoms with Crippen molar-refractivity contribution >= 4 is 39.9 Å². The van der Waals surface area contributed by atoms with Gasteiger partial charge in [0.2, 0.25) is 0 Å². The zero-order chi connectivity index (χ0) is 14.1. The highest BCUT2D eigenvalue weighted by atomic mass is 35.5. The van der Waals surface area contributed by atoms with Crippen LogP contribution in [0.2, 0.25) is 10.0 Å². The largest absolute Gasteiger partial charge is 0.484 e. The number of fused-ring (bicyclic) bond motifs is 1. The monoisotopic (exact) mass is 307 g/mol. The summed E-state index contributed by atoms with van der Waals surface area (Å²) in [4.78, 5) is 7.53. The Morgan fingerprint density at radius 1 is 1.15 bits per heavy atom. The van der Waals surface area contributed by atoms with Crippen molar-refractivity contribution in [2.75, 3.05) is 5.73 Å². The number of hydrogen-bond donors (Lipinski definition) is 2. The first-order valence-electron chi connectivity index (χ1n) is 5.94. The predicted octanol–water partition coefficient (Wildman–Crippen LogP) is 4.03. The topological polar surface area (TPSA) is 63.9 Å². The average Bonchev–Trinajstić information content (AvgIpc) is 2.80. The molecule has 3 rings (SSSR count). The summed E-state index contributed by atoms with van der Waals surface area (Å²) in [5, 5.41) is 0.966. The lowest BCUT2D eigenvalue weighted by Crippen LogP contribution is -1.99. The molecule has 20 heavy (non-hydrogen) atoms. The Hall–Kier alpha value is -1.91. The second-order valence-corrected chi connectivity index (χ2v) is 5.11. The zero-order valence-electron chi connectivity index (χ0n) is 10.4. The lowest BCUT2D eigenvalue weighted by atomic mass is 10.3. The predicted molar refractivity (Wildman–Crippen MR) is 81.3 cm³/mol. The fraction of sp³-hybridized carbons (Fsp3) is 0.0714. The summed E-state index contributed by atoms with van der Waals surface area (Å²) < 4.78 is 5.63. The van der Waals surface area contributed by atoms with Crippen LogP contribution in [0, 0.1) is 0 Å². The molecule has 0 fully saturated rings. The van der Waals surface area contributed by atoms with E-state index in [1.54, 1.807) is 18.2 Å². The van der Waals surface area contributed by atoms with Gasteiger partial charge in [-0.1, -0.05) is 35.3 Å². The number of nitrogen functional groups attached to an aromatic ring is 1. The highest BCUT2D eigenvalue weighted by Gasteiger charge is 2.07. The first-order chi connectivity index (χ1) is 9.63. The van der Waals surface area contributed by atoms with Crippen molar-refractivity contribution in [3.8, 4) is 5.75 Å². The molecule has 3 aromatic rings. The summed E-state index contributed by atoms with van der Waals surface area (Å²) in [6.45, 7) is 0.290. The number of nitrogens with one attached hydrogen (secondary N) is 1. The molecule has 2 aromatic carbocycles. The number of nitrogens with zero attached hydrogens (tertiary/aromatic N) is 1. The number of H-pyrrole nitrogens is 1. The lowest BCUT2D eigenvalue weighted by Gasteiger charge is -2.06. The van der Waals surface area contributed by atoms with E-state index >= 15 is 0 Å². The minimum absolute atomic E-state index is 0.290. The molecule has 0 radical (unpaired) electrons. The summed E-state index contributed by atoms with van der Waals surface area (Å²) in [7, 11) is 0. The normalized spacial score (nSPS) is 10.9. The third kappa shape index (κ3) is 2.53. The standard InChI is InChI=1S/C14H11Cl2N3O/c15-8-5-11-12(6-9(8)16)19-14(18-11)7-20-13-4-2-1-3-10(13)17/h1-6H,7,17H2,(H,18,19). The third-order valence-corrected chi connectivity index (χ3v) is 3.58. The van der Waals surface area contributed by atoms with E-state index in [9.17, 15) is 0 Å². The summed E-state index contributed by atoms with van der Waals surface area (Å²) in [6.07, 6.45) is 0. The summed E-state index contributed by atoms with van der Waals surface area (Å²) in [6, 6.07) is 10.8. The minimum Gasteiger partial charge on any atom is -0.484 e. The molecule has 0 aliphatic carbocycles. The molecule has 102 valence electrons. The quantitative estimate of drug-likeness (QED) is 0.718. The van der Waals surface area contributed by atoms with Gasteiger partial charge in [-0.25, -0.2) is 4.98 Å². The van der Waals surface area contributed by atoms with Gasteiger partial charge in [0.1, 0.15) is 18.2 Å². The summed E-state index contributed by atoms with van der Waals surface area (Å²) in [5.74, 6) is 1.31. The van der Waals surface area contributed by atoms with Gasteiger partial charge >= 0.3 is 0 Å². The second-order valence-electron chi connectivity index (χ2n) is 4.29. The maximum absolute atomic E-state index is 5.96. The SMILES string of the molecule is Nc1ccccc1OCc1nc2cc(Cl)c(Cl)cc2[nH]1. The Morgan fingerprint density at radius 2 is 1.90 bits per heavy atom. The summed E-state index contributed by atoms with van der Waals surface area (Å²) >= 11 is 11.9. The van der Waals surface area contributed by atoms with Crippen molar-refractivity contribution < 1.29 is 4.74 Å². The smallest absolute Gasteiger partial charge is 0.146 e. The molecule has 0 aliphatic heterocycles. The van der Waals surface area contributed by atoms with E-state index in [0.29, 0.717) is 27.3 Å². The number of imidazole rings is 1. The fourth-order valence-corrected chi connectivity index (χ4v) is 2.21. The Morgan fingerprint density at radius 3 is 2.70 bits per heavy atom. The molecular weight excluding hydrogens is 297 g/mol. The van der Waals surface area contributed by atoms with Gasteiger partial charge in [0.25, 0.3) is 0 Å². The van der Waals surface area contributed by atoms with Gasteiger partial charge in [0, 0.05) is 0 Å². The van der Waals surface area contributed by atoms with Crippen LogP contribution in [0.25, 0.3) is 11.0 Å². The van der Waals surface area contributed by atoms with E-state index in [0.717, 1.165) is 11.0 Å². The number of para-hydroxylation sites is 2. The first kappa shape index (κ1) is 13.1. The van der Waals surface area contributed by atoms with E-state index in [2.05, 4.69) is 9.97 Å². The molecule has 1 heterocycles. The number of aromatic nitrogens is 2. The van der Waals surface area contributed by atoms with Crippen molar-refractivity contribution in [2.45, 2.75) is 6.61 Å². The number of ether oxygens (including phenoxy) is 1. The van der Waals surface area contributed by atoms with Gasteiger partial charge in [-0.2, -0.15) is 0 Å². The molecule has 0 unspecified atom stereocenters. The van der Waals surface area contributed by atoms with Gasteiger partial charge in [0.05, 0.1) is 26.8 Å². The Bertz CT molecular complexity index is 731. The first-order valence-corrected chi connectivity index (χ1v) is 6.70. The van der Waals surface area contributed by atoms with Crippen LogP contribution in [-0.2, 0) is 6.61 Å².